The van der Waals surface area contributed by atoms with Gasteiger partial charge in [0.25, 0.3) is 5.91 Å². The second kappa shape index (κ2) is 12.1. The molecule has 0 aliphatic heterocycles. The van der Waals surface area contributed by atoms with E-state index < -0.39 is 63.8 Å². The van der Waals surface area contributed by atoms with E-state index in [9.17, 15) is 39.6 Å². The van der Waals surface area contributed by atoms with Gasteiger partial charge < -0.3 is 31.5 Å². The molecule has 10 nitrogen and oxygen atoms in total. The maximum atomic E-state index is 14.1. The molecule has 3 aromatic carbocycles. The van der Waals surface area contributed by atoms with Crippen molar-refractivity contribution in [3.05, 3.63) is 99.8 Å². The van der Waals surface area contributed by atoms with Crippen LogP contribution < -0.4 is 11.1 Å². The molecule has 0 saturated heterocycles. The van der Waals surface area contributed by atoms with Gasteiger partial charge in [0.05, 0.1) is 12.0 Å². The number of amides is 2. The third-order valence-electron chi connectivity index (χ3n) is 10.1. The molecule has 0 bridgehead atoms. The number of carbonyl (C=O) groups excluding carboxylic acids is 4. The van der Waals surface area contributed by atoms with Crippen molar-refractivity contribution in [1.29, 1.82) is 0 Å². The molecule has 7 N–H and O–H groups in total. The highest BCUT2D eigenvalue weighted by atomic mass is 16.3. The Hall–Kier alpha value is -5.22. The lowest BCUT2D eigenvalue weighted by Gasteiger charge is -2.50. The lowest BCUT2D eigenvalue weighted by Crippen LogP contribution is -2.62. The first-order chi connectivity index (χ1) is 22.8. The van der Waals surface area contributed by atoms with Crippen LogP contribution in [-0.4, -0.2) is 49.4 Å². The normalized spacial score (nSPS) is 23.5. The predicted molar refractivity (Wildman–Crippen MR) is 179 cm³/mol. The molecule has 0 unspecified atom stereocenters. The maximum absolute atomic E-state index is 14.1. The van der Waals surface area contributed by atoms with Crippen molar-refractivity contribution >= 4 is 34.8 Å². The third kappa shape index (κ3) is 5.16. The zero-order chi connectivity index (χ0) is 34.7. The fourth-order valence-electron chi connectivity index (χ4n) is 7.77. The third-order valence-corrected chi connectivity index (χ3v) is 10.1. The Morgan fingerprint density at radius 3 is 2.21 bits per heavy atom. The number of aliphatic hydroxyl groups excluding tert-OH is 2. The standard InChI is InChI=1S/C38H38N2O8/c1-4-19-5-7-20(8-6-19)15-28(42)40-23-11-9-21(10-12-23)24-13-14-27(41)31-25(24)16-22-17-26-29(18(2)3)33(43)32(37(39)47)36(46)38(26,48)35(45)30(22)34(31)44/h5-14,18,22,26,29,41,44,46,48H,4,15-17H2,1-3H3,(H2,39,47)(H,40,42)/t22-,26-,29-,38-/m0/s1. The number of nitrogens with two attached hydrogens (primary N) is 1. The molecule has 0 aromatic heterocycles. The summed E-state index contributed by atoms with van der Waals surface area (Å²) >= 11 is 0. The van der Waals surface area contributed by atoms with Gasteiger partial charge in [0.2, 0.25) is 11.7 Å². The van der Waals surface area contributed by atoms with Crippen LogP contribution in [0.25, 0.3) is 16.9 Å². The van der Waals surface area contributed by atoms with Gasteiger partial charge in [-0.3, -0.25) is 19.2 Å². The highest BCUT2D eigenvalue weighted by Crippen LogP contribution is 2.55. The molecular weight excluding hydrogens is 612 g/mol. The second-order valence-corrected chi connectivity index (χ2v) is 13.3. The van der Waals surface area contributed by atoms with Crippen LogP contribution in [0, 0.1) is 23.7 Å². The van der Waals surface area contributed by atoms with E-state index in [-0.39, 0.29) is 42.1 Å². The van der Waals surface area contributed by atoms with Gasteiger partial charge in [0, 0.05) is 23.1 Å². The second-order valence-electron chi connectivity index (χ2n) is 13.3. The lowest BCUT2D eigenvalue weighted by atomic mass is 9.54. The van der Waals surface area contributed by atoms with E-state index in [2.05, 4.69) is 12.2 Å². The number of anilines is 1. The van der Waals surface area contributed by atoms with E-state index in [4.69, 9.17) is 5.73 Å². The summed E-state index contributed by atoms with van der Waals surface area (Å²) in [5.74, 6) is -8.28. The van der Waals surface area contributed by atoms with Crippen LogP contribution in [0.4, 0.5) is 5.69 Å². The van der Waals surface area contributed by atoms with Crippen molar-refractivity contribution in [1.82, 2.24) is 0 Å². The summed E-state index contributed by atoms with van der Waals surface area (Å²) in [6, 6.07) is 18.1. The summed E-state index contributed by atoms with van der Waals surface area (Å²) in [7, 11) is 0. The fraction of sp³-hybridized carbons (Fsp3) is 0.316. The number of aliphatic hydroxyl groups is 3. The quantitative estimate of drug-likeness (QED) is 0.198. The number of rotatable bonds is 7. The largest absolute Gasteiger partial charge is 0.508 e. The molecule has 248 valence electrons. The van der Waals surface area contributed by atoms with Gasteiger partial charge in [-0.2, -0.15) is 0 Å². The number of fused-ring (bicyclic) bond motifs is 3. The molecule has 0 radical (unpaired) electrons. The van der Waals surface area contributed by atoms with E-state index in [1.54, 1.807) is 32.0 Å². The number of carbonyl (C=O) groups is 4. The summed E-state index contributed by atoms with van der Waals surface area (Å²) in [5.41, 5.74) is 6.43. The maximum Gasteiger partial charge on any atom is 0.255 e. The SMILES string of the molecule is CCc1ccc(CC(=O)Nc2ccc(-c3ccc(O)c4c3C[C@H]3C[C@H]5[C@H](C(C)C)C(=O)C(C(N)=O)=C(O)[C@@]5(O)C(=O)C3=C4O)cc2)cc1. The number of primary amides is 1. The molecule has 48 heavy (non-hydrogen) atoms. The Labute approximate surface area is 277 Å². The van der Waals surface area contributed by atoms with Crippen molar-refractivity contribution in [3.63, 3.8) is 0 Å². The van der Waals surface area contributed by atoms with Crippen LogP contribution in [0.3, 0.4) is 0 Å². The Kier molecular flexibility index (Phi) is 8.25. The average Bonchev–Trinajstić information content (AvgIpc) is 3.03. The van der Waals surface area contributed by atoms with Crippen LogP contribution in [0.5, 0.6) is 5.75 Å². The zero-order valence-electron chi connectivity index (χ0n) is 26.9. The minimum Gasteiger partial charge on any atom is -0.508 e. The predicted octanol–water partition coefficient (Wildman–Crippen LogP) is 4.72. The van der Waals surface area contributed by atoms with E-state index >= 15 is 0 Å². The zero-order valence-corrected chi connectivity index (χ0v) is 26.9. The summed E-state index contributed by atoms with van der Waals surface area (Å²) in [4.78, 5) is 52.4. The molecule has 0 spiro atoms. The topological polar surface area (TPSA) is 187 Å². The Bertz CT molecular complexity index is 1920. The number of nitrogens with one attached hydrogen (secondary N) is 1. The van der Waals surface area contributed by atoms with E-state index in [0.717, 1.165) is 17.5 Å². The minimum absolute atomic E-state index is 0.0199. The minimum atomic E-state index is -2.66. The number of aryl methyl sites for hydroxylation is 1. The van der Waals surface area contributed by atoms with Crippen LogP contribution in [0.1, 0.15) is 49.4 Å². The molecule has 10 heteroatoms. The monoisotopic (exact) mass is 650 g/mol. The molecule has 1 saturated carbocycles. The highest BCUT2D eigenvalue weighted by Gasteiger charge is 2.64. The van der Waals surface area contributed by atoms with Crippen LogP contribution in [-0.2, 0) is 38.4 Å². The molecule has 3 aliphatic carbocycles. The van der Waals surface area contributed by atoms with Gasteiger partial charge >= 0.3 is 0 Å². The molecule has 1 fully saturated rings. The first kappa shape index (κ1) is 32.7. The lowest BCUT2D eigenvalue weighted by molar-refractivity contribution is -0.155. The highest BCUT2D eigenvalue weighted by molar-refractivity contribution is 6.23. The summed E-state index contributed by atoms with van der Waals surface area (Å²) in [6.45, 7) is 5.51. The number of hydrogen-bond acceptors (Lipinski definition) is 8. The van der Waals surface area contributed by atoms with Gasteiger partial charge in [-0.1, -0.05) is 63.2 Å². The Balaban J connectivity index is 1.34. The number of aromatic hydroxyl groups is 1. The van der Waals surface area contributed by atoms with Crippen LogP contribution >= 0.6 is 0 Å². The number of phenols is 1. The smallest absolute Gasteiger partial charge is 0.255 e. The average molecular weight is 651 g/mol. The first-order valence-corrected chi connectivity index (χ1v) is 16.1. The van der Waals surface area contributed by atoms with Gasteiger partial charge in [-0.25, -0.2) is 0 Å². The number of Topliss-reactive ketones (excluding diaryl/α,β-unsaturated/α-hetero) is 2. The molecule has 0 heterocycles. The van der Waals surface area contributed by atoms with Gasteiger partial charge in [0.15, 0.2) is 11.4 Å². The van der Waals surface area contributed by atoms with E-state index in [1.165, 1.54) is 11.6 Å². The van der Waals surface area contributed by atoms with Gasteiger partial charge in [-0.05, 0) is 77.1 Å². The van der Waals surface area contributed by atoms with Crippen molar-refractivity contribution in [2.75, 3.05) is 5.32 Å². The van der Waals surface area contributed by atoms with Crippen molar-refractivity contribution < 1.29 is 39.6 Å². The van der Waals surface area contributed by atoms with Crippen molar-refractivity contribution in [2.45, 2.75) is 52.1 Å². The number of hydrogen-bond donors (Lipinski definition) is 6. The molecule has 6 rings (SSSR count). The summed E-state index contributed by atoms with van der Waals surface area (Å²) in [5, 5.41) is 48.2. The number of benzene rings is 3. The number of ketones is 2. The summed E-state index contributed by atoms with van der Waals surface area (Å²) < 4.78 is 0. The van der Waals surface area contributed by atoms with E-state index in [1.807, 2.05) is 36.4 Å². The van der Waals surface area contributed by atoms with Gasteiger partial charge in [-0.15, -0.1) is 0 Å². The molecule has 4 atom stereocenters. The van der Waals surface area contributed by atoms with Crippen LogP contribution in [0.2, 0.25) is 0 Å². The van der Waals surface area contributed by atoms with Gasteiger partial charge in [0.1, 0.15) is 22.8 Å². The van der Waals surface area contributed by atoms with Crippen LogP contribution in [0.15, 0.2) is 77.6 Å². The molecule has 2 amide bonds. The molecule has 3 aliphatic rings. The number of phenolic OH excluding ortho intramolecular Hbond substituents is 1. The first-order valence-electron chi connectivity index (χ1n) is 16.1. The Morgan fingerprint density at radius 2 is 1.60 bits per heavy atom. The van der Waals surface area contributed by atoms with Crippen molar-refractivity contribution in [2.24, 2.45) is 29.4 Å². The fourth-order valence-corrected chi connectivity index (χ4v) is 7.77. The van der Waals surface area contributed by atoms with Crippen molar-refractivity contribution in [3.8, 4) is 16.9 Å². The Morgan fingerprint density at radius 1 is 0.958 bits per heavy atom. The molecular formula is C38H38N2O8. The molecule has 3 aromatic rings. The van der Waals surface area contributed by atoms with E-state index in [0.29, 0.717) is 16.8 Å². The summed E-state index contributed by atoms with van der Waals surface area (Å²) in [6.07, 6.45) is 1.36.